The summed E-state index contributed by atoms with van der Waals surface area (Å²) in [7, 11) is 3.27. The van der Waals surface area contributed by atoms with E-state index in [1.807, 2.05) is 24.3 Å². The van der Waals surface area contributed by atoms with Gasteiger partial charge in [-0.3, -0.25) is 0 Å². The maximum atomic E-state index is 5.27. The van der Waals surface area contributed by atoms with Gasteiger partial charge < -0.3 is 14.8 Å². The molecule has 0 saturated carbocycles. The Bertz CT molecular complexity index is 717. The molecule has 0 bridgehead atoms. The highest BCUT2D eigenvalue weighted by molar-refractivity contribution is 7.17. The number of rotatable bonds is 4. The van der Waals surface area contributed by atoms with E-state index in [1.54, 1.807) is 31.8 Å². The van der Waals surface area contributed by atoms with Crippen LogP contribution in [-0.4, -0.2) is 19.2 Å². The second-order valence-electron chi connectivity index (χ2n) is 4.22. The van der Waals surface area contributed by atoms with E-state index >= 15 is 0 Å². The Morgan fingerprint density at radius 2 is 1.80 bits per heavy atom. The van der Waals surface area contributed by atoms with Crippen LogP contribution in [0.1, 0.15) is 0 Å². The van der Waals surface area contributed by atoms with Gasteiger partial charge in [0.25, 0.3) is 0 Å². The van der Waals surface area contributed by atoms with Crippen LogP contribution in [0.2, 0.25) is 0 Å². The van der Waals surface area contributed by atoms with Crippen molar-refractivity contribution in [3.8, 4) is 11.5 Å². The first-order chi connectivity index (χ1) is 9.80. The Balaban J connectivity index is 2.00. The molecule has 0 radical (unpaired) electrons. The van der Waals surface area contributed by atoms with Gasteiger partial charge in [0.15, 0.2) is 0 Å². The second-order valence-corrected chi connectivity index (χ2v) is 5.17. The predicted octanol–water partition coefficient (Wildman–Crippen LogP) is 4.06. The van der Waals surface area contributed by atoms with E-state index in [-0.39, 0.29) is 0 Å². The minimum atomic E-state index is 0.740. The smallest absolute Gasteiger partial charge is 0.139 e. The number of benzene rings is 1. The standard InChI is InChI=1S/C15H14N2O2S/c1-18-11-7-10(8-12(9-11)19-2)17-15-13-4-6-20-14(13)3-5-16-15/h3-9H,1-2H3,(H,16,17). The van der Waals surface area contributed by atoms with E-state index in [2.05, 4.69) is 21.7 Å². The van der Waals surface area contributed by atoms with Gasteiger partial charge in [0.1, 0.15) is 17.3 Å². The van der Waals surface area contributed by atoms with Gasteiger partial charge in [-0.25, -0.2) is 4.98 Å². The van der Waals surface area contributed by atoms with Crippen molar-refractivity contribution in [3.05, 3.63) is 41.9 Å². The van der Waals surface area contributed by atoms with Crippen LogP contribution in [-0.2, 0) is 0 Å². The van der Waals surface area contributed by atoms with Crippen molar-refractivity contribution in [2.24, 2.45) is 0 Å². The molecule has 3 rings (SSSR count). The average Bonchev–Trinajstić information content (AvgIpc) is 2.96. The molecule has 1 aromatic carbocycles. The van der Waals surface area contributed by atoms with E-state index in [0.29, 0.717) is 0 Å². The molecule has 2 aromatic heterocycles. The monoisotopic (exact) mass is 286 g/mol. The summed E-state index contributed by atoms with van der Waals surface area (Å²) in [5.74, 6) is 2.31. The third-order valence-corrected chi connectivity index (χ3v) is 3.88. The molecule has 0 unspecified atom stereocenters. The number of fused-ring (bicyclic) bond motifs is 1. The molecule has 102 valence electrons. The zero-order chi connectivity index (χ0) is 13.9. The summed E-state index contributed by atoms with van der Waals surface area (Å²) < 4.78 is 11.7. The van der Waals surface area contributed by atoms with Crippen molar-refractivity contribution < 1.29 is 9.47 Å². The van der Waals surface area contributed by atoms with E-state index < -0.39 is 0 Å². The lowest BCUT2D eigenvalue weighted by atomic mass is 10.2. The number of thiophene rings is 1. The maximum absolute atomic E-state index is 5.27. The fraction of sp³-hybridized carbons (Fsp3) is 0.133. The highest BCUT2D eigenvalue weighted by Gasteiger charge is 2.06. The van der Waals surface area contributed by atoms with Crippen molar-refractivity contribution in [2.75, 3.05) is 19.5 Å². The van der Waals surface area contributed by atoms with E-state index in [0.717, 1.165) is 28.4 Å². The first kappa shape index (κ1) is 12.7. The normalized spacial score (nSPS) is 10.5. The molecule has 0 aliphatic carbocycles. The number of nitrogens with one attached hydrogen (secondary N) is 1. The van der Waals surface area contributed by atoms with Gasteiger partial charge in [0.05, 0.1) is 14.2 Å². The minimum absolute atomic E-state index is 0.740. The van der Waals surface area contributed by atoms with Crippen molar-refractivity contribution in [1.29, 1.82) is 0 Å². The SMILES string of the molecule is COc1cc(Nc2nccc3sccc23)cc(OC)c1. The molecule has 0 aliphatic rings. The minimum Gasteiger partial charge on any atom is -0.497 e. The van der Waals surface area contributed by atoms with Gasteiger partial charge in [-0.05, 0) is 17.5 Å². The van der Waals surface area contributed by atoms with Crippen molar-refractivity contribution in [3.63, 3.8) is 0 Å². The number of nitrogens with zero attached hydrogens (tertiary/aromatic N) is 1. The van der Waals surface area contributed by atoms with Gasteiger partial charge in [0, 0.05) is 40.2 Å². The summed E-state index contributed by atoms with van der Waals surface area (Å²) >= 11 is 1.70. The second kappa shape index (κ2) is 5.38. The van der Waals surface area contributed by atoms with E-state index in [1.165, 1.54) is 4.70 Å². The van der Waals surface area contributed by atoms with Crippen LogP contribution in [0.25, 0.3) is 10.1 Å². The van der Waals surface area contributed by atoms with Crippen LogP contribution < -0.4 is 14.8 Å². The summed E-state index contributed by atoms with van der Waals surface area (Å²) in [6.07, 6.45) is 1.80. The Hall–Kier alpha value is -2.27. The van der Waals surface area contributed by atoms with Crippen LogP contribution in [0.15, 0.2) is 41.9 Å². The molecule has 0 aliphatic heterocycles. The maximum Gasteiger partial charge on any atom is 0.139 e. The molecule has 0 fully saturated rings. The van der Waals surface area contributed by atoms with Crippen LogP contribution in [0.4, 0.5) is 11.5 Å². The fourth-order valence-electron chi connectivity index (χ4n) is 2.01. The van der Waals surface area contributed by atoms with Gasteiger partial charge in [-0.15, -0.1) is 11.3 Å². The number of methoxy groups -OCH3 is 2. The largest absolute Gasteiger partial charge is 0.497 e. The van der Waals surface area contributed by atoms with Gasteiger partial charge in [0.2, 0.25) is 0 Å². The molecule has 3 aromatic rings. The van der Waals surface area contributed by atoms with Crippen LogP contribution >= 0.6 is 11.3 Å². The number of hydrogen-bond donors (Lipinski definition) is 1. The highest BCUT2D eigenvalue weighted by atomic mass is 32.1. The first-order valence-corrected chi connectivity index (χ1v) is 7.00. The van der Waals surface area contributed by atoms with Crippen molar-refractivity contribution in [2.45, 2.75) is 0 Å². The Kier molecular flexibility index (Phi) is 3.43. The zero-order valence-electron chi connectivity index (χ0n) is 11.2. The van der Waals surface area contributed by atoms with Gasteiger partial charge >= 0.3 is 0 Å². The predicted molar refractivity (Wildman–Crippen MR) is 82.4 cm³/mol. The van der Waals surface area contributed by atoms with Crippen LogP contribution in [0.3, 0.4) is 0 Å². The average molecular weight is 286 g/mol. The third-order valence-electron chi connectivity index (χ3n) is 2.99. The topological polar surface area (TPSA) is 43.4 Å². The molecular weight excluding hydrogens is 272 g/mol. The van der Waals surface area contributed by atoms with Gasteiger partial charge in [-0.1, -0.05) is 0 Å². The Labute approximate surface area is 121 Å². The lowest BCUT2D eigenvalue weighted by molar-refractivity contribution is 0.395. The van der Waals surface area contributed by atoms with Crippen molar-refractivity contribution in [1.82, 2.24) is 4.98 Å². The zero-order valence-corrected chi connectivity index (χ0v) is 12.0. The molecule has 0 spiro atoms. The lowest BCUT2D eigenvalue weighted by Gasteiger charge is -2.10. The summed E-state index contributed by atoms with van der Waals surface area (Å²) in [6.45, 7) is 0. The summed E-state index contributed by atoms with van der Waals surface area (Å²) in [5, 5.41) is 6.49. The molecule has 0 saturated heterocycles. The molecule has 0 atom stereocenters. The first-order valence-electron chi connectivity index (χ1n) is 6.12. The Morgan fingerprint density at radius 1 is 1.05 bits per heavy atom. The van der Waals surface area contributed by atoms with E-state index in [4.69, 9.17) is 9.47 Å². The third kappa shape index (κ3) is 2.40. The number of aromatic nitrogens is 1. The van der Waals surface area contributed by atoms with Gasteiger partial charge in [-0.2, -0.15) is 0 Å². The summed E-state index contributed by atoms with van der Waals surface area (Å²) in [6, 6.07) is 9.73. The lowest BCUT2D eigenvalue weighted by Crippen LogP contribution is -1.95. The molecule has 0 amide bonds. The summed E-state index contributed by atoms with van der Waals surface area (Å²) in [4.78, 5) is 4.40. The Morgan fingerprint density at radius 3 is 2.50 bits per heavy atom. The number of hydrogen-bond acceptors (Lipinski definition) is 5. The number of anilines is 2. The number of ether oxygens (including phenoxy) is 2. The molecule has 5 heteroatoms. The molecule has 2 heterocycles. The fourth-order valence-corrected chi connectivity index (χ4v) is 2.79. The highest BCUT2D eigenvalue weighted by Crippen LogP contribution is 2.31. The summed E-state index contributed by atoms with van der Waals surface area (Å²) in [5.41, 5.74) is 0.882. The molecule has 1 N–H and O–H groups in total. The van der Waals surface area contributed by atoms with Crippen LogP contribution in [0.5, 0.6) is 11.5 Å². The van der Waals surface area contributed by atoms with E-state index in [9.17, 15) is 0 Å². The quantitative estimate of drug-likeness (QED) is 0.785. The molecule has 20 heavy (non-hydrogen) atoms. The van der Waals surface area contributed by atoms with Crippen LogP contribution in [0, 0.1) is 0 Å². The van der Waals surface area contributed by atoms with Crippen molar-refractivity contribution >= 4 is 32.9 Å². The number of pyridine rings is 1. The molecule has 4 nitrogen and oxygen atoms in total. The molecular formula is C15H14N2O2S.